The largest absolute Gasteiger partial charge is 1.00 e. The van der Waals surface area contributed by atoms with E-state index in [0.717, 1.165) is 16.9 Å². The van der Waals surface area contributed by atoms with E-state index < -0.39 is 10.1 Å². The second-order valence-electron chi connectivity index (χ2n) is 7.32. The smallest absolute Gasteiger partial charge is 0.744 e. The maximum absolute atomic E-state index is 11.7. The molecule has 11 heteroatoms. The Kier molecular flexibility index (Phi) is 8.60. The van der Waals surface area contributed by atoms with Gasteiger partial charge in [-0.05, 0) is 48.9 Å². The third-order valence-electron chi connectivity index (χ3n) is 4.73. The molecule has 0 spiro atoms. The Morgan fingerprint density at radius 2 is 1.26 bits per heavy atom. The number of aryl methyl sites for hydroxylation is 1. The molecular formula is C24H21N6NaO3S. The minimum absolute atomic E-state index is 0. The summed E-state index contributed by atoms with van der Waals surface area (Å²) in [6.45, 7) is 5.54. The monoisotopic (exact) mass is 496 g/mol. The number of rotatable bonds is 8. The number of anilines is 6. The minimum Gasteiger partial charge on any atom is -0.744 e. The predicted octanol–water partition coefficient (Wildman–Crippen LogP) is 1.96. The number of benzene rings is 3. The average Bonchev–Trinajstić information content (AvgIpc) is 2.80. The summed E-state index contributed by atoms with van der Waals surface area (Å²) in [5, 5.41) is 9.20. The van der Waals surface area contributed by atoms with E-state index in [1.54, 1.807) is 6.07 Å². The number of nitrogens with one attached hydrogen (secondary N) is 3. The van der Waals surface area contributed by atoms with Gasteiger partial charge < -0.3 is 20.5 Å². The fraction of sp³-hybridized carbons (Fsp3) is 0.0417. The molecule has 0 unspecified atom stereocenters. The fourth-order valence-electron chi connectivity index (χ4n) is 3.09. The molecule has 0 aliphatic carbocycles. The van der Waals surface area contributed by atoms with Crippen LogP contribution in [0.3, 0.4) is 0 Å². The number of hydrogen-bond donors (Lipinski definition) is 3. The van der Waals surface area contributed by atoms with Crippen LogP contribution in [0.2, 0.25) is 0 Å². The van der Waals surface area contributed by atoms with Crippen molar-refractivity contribution in [3.8, 4) is 0 Å². The Bertz CT molecular complexity index is 1430. The van der Waals surface area contributed by atoms with Crippen molar-refractivity contribution in [2.45, 2.75) is 11.8 Å². The van der Waals surface area contributed by atoms with Gasteiger partial charge in [0.1, 0.15) is 10.1 Å². The van der Waals surface area contributed by atoms with E-state index in [4.69, 9.17) is 0 Å². The zero-order valence-electron chi connectivity index (χ0n) is 19.2. The standard InChI is InChI=1S/C24H22N6O3S.Na/c1-3-17-11-14-20(15-21(17)34(31,32)33)27-24-29-22(25-18-7-5-4-6-8-18)28-23(30-24)26-19-12-9-16(2)10-13-19;/h3-15H,1H2,2H3,(H,31,32,33)(H3,25,26,27,28,29,30);/q;+1/p-1. The van der Waals surface area contributed by atoms with E-state index in [-0.39, 0.29) is 57.9 Å². The van der Waals surface area contributed by atoms with Gasteiger partial charge in [0.2, 0.25) is 17.8 Å². The fourth-order valence-corrected chi connectivity index (χ4v) is 3.80. The molecule has 1 aromatic heterocycles. The molecule has 1 heterocycles. The van der Waals surface area contributed by atoms with Crippen molar-refractivity contribution in [2.24, 2.45) is 0 Å². The molecule has 0 aliphatic rings. The number of nitrogens with zero attached hydrogens (tertiary/aromatic N) is 3. The van der Waals surface area contributed by atoms with Crippen LogP contribution in [-0.4, -0.2) is 27.9 Å². The summed E-state index contributed by atoms with van der Waals surface area (Å²) < 4.78 is 35.0. The quantitative estimate of drug-likeness (QED) is 0.247. The minimum atomic E-state index is -4.70. The molecule has 0 aliphatic heterocycles. The molecule has 3 aromatic carbocycles. The van der Waals surface area contributed by atoms with Crippen LogP contribution in [0.25, 0.3) is 6.08 Å². The molecule has 0 saturated carbocycles. The Labute approximate surface area is 225 Å². The maximum atomic E-state index is 11.7. The number of hydrogen-bond acceptors (Lipinski definition) is 9. The first kappa shape index (κ1) is 26.3. The Morgan fingerprint density at radius 1 is 0.771 bits per heavy atom. The zero-order valence-corrected chi connectivity index (χ0v) is 22.0. The number of para-hydroxylation sites is 1. The molecule has 4 rings (SSSR count). The van der Waals surface area contributed by atoms with Gasteiger partial charge in [-0.3, -0.25) is 0 Å². The van der Waals surface area contributed by atoms with Crippen molar-refractivity contribution < 1.29 is 42.5 Å². The van der Waals surface area contributed by atoms with Gasteiger partial charge in [0.15, 0.2) is 0 Å². The molecule has 0 bridgehead atoms. The summed E-state index contributed by atoms with van der Waals surface area (Å²) >= 11 is 0. The van der Waals surface area contributed by atoms with E-state index in [0.29, 0.717) is 5.69 Å². The van der Waals surface area contributed by atoms with Crippen molar-refractivity contribution in [3.05, 3.63) is 90.5 Å². The van der Waals surface area contributed by atoms with Gasteiger partial charge in [0, 0.05) is 17.1 Å². The van der Waals surface area contributed by atoms with E-state index in [1.165, 1.54) is 18.2 Å². The summed E-state index contributed by atoms with van der Waals surface area (Å²) in [6.07, 6.45) is 1.31. The van der Waals surface area contributed by atoms with Crippen LogP contribution >= 0.6 is 0 Å². The van der Waals surface area contributed by atoms with Crippen LogP contribution in [0.15, 0.2) is 84.3 Å². The van der Waals surface area contributed by atoms with Gasteiger partial charge in [-0.15, -0.1) is 0 Å². The van der Waals surface area contributed by atoms with E-state index in [2.05, 4.69) is 37.5 Å². The molecule has 0 radical (unpaired) electrons. The van der Waals surface area contributed by atoms with Crippen molar-refractivity contribution in [1.29, 1.82) is 0 Å². The van der Waals surface area contributed by atoms with Gasteiger partial charge in [-0.2, -0.15) is 15.0 Å². The van der Waals surface area contributed by atoms with Crippen LogP contribution in [0, 0.1) is 6.92 Å². The molecule has 0 fully saturated rings. The summed E-state index contributed by atoms with van der Waals surface area (Å²) in [7, 11) is -4.70. The SMILES string of the molecule is C=Cc1ccc(Nc2nc(Nc3ccccc3)nc(Nc3ccc(C)cc3)n2)cc1S(=O)(=O)[O-].[Na+]. The first-order chi connectivity index (χ1) is 16.3. The van der Waals surface area contributed by atoms with Crippen molar-refractivity contribution in [3.63, 3.8) is 0 Å². The molecular weight excluding hydrogens is 475 g/mol. The normalized spacial score (nSPS) is 10.7. The predicted molar refractivity (Wildman–Crippen MR) is 132 cm³/mol. The van der Waals surface area contributed by atoms with Gasteiger partial charge in [0.25, 0.3) is 0 Å². The van der Waals surface area contributed by atoms with Crippen LogP contribution in [0.4, 0.5) is 34.9 Å². The Hall–Kier alpha value is -3.28. The van der Waals surface area contributed by atoms with Crippen LogP contribution in [-0.2, 0) is 10.1 Å². The van der Waals surface area contributed by atoms with Crippen LogP contribution < -0.4 is 45.5 Å². The summed E-state index contributed by atoms with van der Waals surface area (Å²) in [6, 6.07) is 21.4. The zero-order chi connectivity index (χ0) is 24.1. The molecule has 172 valence electrons. The van der Waals surface area contributed by atoms with Crippen molar-refractivity contribution in [1.82, 2.24) is 15.0 Å². The third kappa shape index (κ3) is 7.10. The van der Waals surface area contributed by atoms with Gasteiger partial charge in [-0.25, -0.2) is 8.42 Å². The van der Waals surface area contributed by atoms with Crippen molar-refractivity contribution >= 4 is 51.1 Å². The molecule has 0 saturated heterocycles. The van der Waals surface area contributed by atoms with Gasteiger partial charge in [0.05, 0.1) is 4.90 Å². The molecule has 4 aromatic rings. The van der Waals surface area contributed by atoms with Gasteiger partial charge in [-0.1, -0.05) is 54.6 Å². The second-order valence-corrected chi connectivity index (χ2v) is 8.67. The molecule has 9 nitrogen and oxygen atoms in total. The first-order valence-electron chi connectivity index (χ1n) is 10.2. The number of aromatic nitrogens is 3. The Balaban J connectivity index is 0.00000342. The van der Waals surface area contributed by atoms with Crippen LogP contribution in [0.1, 0.15) is 11.1 Å². The maximum Gasteiger partial charge on any atom is 1.00 e. The molecule has 0 amide bonds. The summed E-state index contributed by atoms with van der Waals surface area (Å²) in [5.74, 6) is 0.667. The first-order valence-corrected chi connectivity index (χ1v) is 11.6. The summed E-state index contributed by atoms with van der Waals surface area (Å²) in [5.41, 5.74) is 3.20. The topological polar surface area (TPSA) is 132 Å². The second kappa shape index (κ2) is 11.4. The molecule has 3 N–H and O–H groups in total. The van der Waals surface area contributed by atoms with Crippen molar-refractivity contribution in [2.75, 3.05) is 16.0 Å². The van der Waals surface area contributed by atoms with E-state index >= 15 is 0 Å². The molecule has 0 atom stereocenters. The Morgan fingerprint density at radius 3 is 1.77 bits per heavy atom. The summed E-state index contributed by atoms with van der Waals surface area (Å²) in [4.78, 5) is 12.8. The average molecular weight is 497 g/mol. The van der Waals surface area contributed by atoms with E-state index in [9.17, 15) is 13.0 Å². The van der Waals surface area contributed by atoms with Gasteiger partial charge >= 0.3 is 29.6 Å². The van der Waals surface area contributed by atoms with E-state index in [1.807, 2.05) is 61.5 Å². The molecule has 35 heavy (non-hydrogen) atoms. The van der Waals surface area contributed by atoms with Crippen LogP contribution in [0.5, 0.6) is 0 Å². The third-order valence-corrected chi connectivity index (χ3v) is 5.62.